The first-order valence-corrected chi connectivity index (χ1v) is 11.5. The van der Waals surface area contributed by atoms with Gasteiger partial charge in [-0.25, -0.2) is 8.42 Å². The number of methoxy groups -OCH3 is 1. The van der Waals surface area contributed by atoms with Gasteiger partial charge in [-0.2, -0.15) is 4.31 Å². The van der Waals surface area contributed by atoms with Crippen molar-refractivity contribution in [2.45, 2.75) is 24.3 Å². The van der Waals surface area contributed by atoms with E-state index < -0.39 is 10.0 Å². The molecule has 2 aromatic rings. The lowest BCUT2D eigenvalue weighted by Crippen LogP contribution is -2.35. The summed E-state index contributed by atoms with van der Waals surface area (Å²) < 4.78 is 37.9. The van der Waals surface area contributed by atoms with Crippen molar-refractivity contribution in [3.8, 4) is 5.75 Å². The molecule has 1 N–H and O–H groups in total. The Kier molecular flexibility index (Phi) is 7.71. The average Bonchev–Trinajstić information content (AvgIpc) is 2.75. The van der Waals surface area contributed by atoms with Gasteiger partial charge in [-0.1, -0.05) is 35.9 Å². The minimum Gasteiger partial charge on any atom is -0.482 e. The highest BCUT2D eigenvalue weighted by Crippen LogP contribution is 2.30. The minimum absolute atomic E-state index is 0.100. The van der Waals surface area contributed by atoms with E-state index in [1.54, 1.807) is 7.11 Å². The lowest BCUT2D eigenvalue weighted by Gasteiger charge is -2.28. The summed E-state index contributed by atoms with van der Waals surface area (Å²) in [6.45, 7) is 1.59. The fraction of sp³-hybridized carbons (Fsp3) is 0.381. The third-order valence-electron chi connectivity index (χ3n) is 4.84. The Hall–Kier alpha value is -2.13. The Labute approximate surface area is 182 Å². The number of rotatable bonds is 9. The predicted octanol–water partition coefficient (Wildman–Crippen LogP) is 2.62. The van der Waals surface area contributed by atoms with Crippen LogP contribution < -0.4 is 10.1 Å². The van der Waals surface area contributed by atoms with Crippen LogP contribution in [0.25, 0.3) is 0 Å². The summed E-state index contributed by atoms with van der Waals surface area (Å²) in [5.41, 5.74) is 2.18. The molecule has 1 aliphatic heterocycles. The quantitative estimate of drug-likeness (QED) is 0.591. The van der Waals surface area contributed by atoms with Gasteiger partial charge in [0.1, 0.15) is 5.75 Å². The number of benzene rings is 2. The number of carbonyl (C=O) groups excluding carboxylic acids is 1. The third kappa shape index (κ3) is 5.51. The Balaban J connectivity index is 1.62. The maximum Gasteiger partial charge on any atom is 0.257 e. The molecule has 0 spiro atoms. The van der Waals surface area contributed by atoms with Gasteiger partial charge in [0.05, 0.1) is 9.92 Å². The zero-order chi connectivity index (χ0) is 21.6. The molecular weight excluding hydrogens is 428 g/mol. The molecule has 0 bridgehead atoms. The summed E-state index contributed by atoms with van der Waals surface area (Å²) in [6.07, 6.45) is 1.38. The van der Waals surface area contributed by atoms with Gasteiger partial charge in [-0.3, -0.25) is 4.79 Å². The summed E-state index contributed by atoms with van der Waals surface area (Å²) in [6, 6.07) is 12.1. The first-order chi connectivity index (χ1) is 14.4. The second-order valence-corrected chi connectivity index (χ2v) is 9.28. The van der Waals surface area contributed by atoms with Crippen LogP contribution in [0.1, 0.15) is 17.5 Å². The number of hydrogen-bond acceptors (Lipinski definition) is 5. The van der Waals surface area contributed by atoms with E-state index >= 15 is 0 Å². The number of nitrogens with zero attached hydrogens (tertiary/aromatic N) is 1. The second kappa shape index (κ2) is 10.3. The Morgan fingerprint density at radius 1 is 1.20 bits per heavy atom. The number of amides is 1. The van der Waals surface area contributed by atoms with Crippen molar-refractivity contribution in [2.75, 3.05) is 33.4 Å². The normalized spacial score (nSPS) is 14.2. The molecule has 9 heteroatoms. The fourth-order valence-corrected chi connectivity index (χ4v) is 4.97. The van der Waals surface area contributed by atoms with Crippen molar-refractivity contribution >= 4 is 27.5 Å². The molecule has 0 aromatic heterocycles. The van der Waals surface area contributed by atoms with Gasteiger partial charge >= 0.3 is 0 Å². The number of ether oxygens (including phenoxy) is 2. The topological polar surface area (TPSA) is 84.9 Å². The molecule has 1 heterocycles. The van der Waals surface area contributed by atoms with Crippen LogP contribution in [0.15, 0.2) is 47.4 Å². The van der Waals surface area contributed by atoms with Crippen LogP contribution in [-0.2, 0) is 32.5 Å². The van der Waals surface area contributed by atoms with Crippen LogP contribution in [0.4, 0.5) is 0 Å². The number of fused-ring (bicyclic) bond motifs is 1. The zero-order valence-electron chi connectivity index (χ0n) is 16.8. The van der Waals surface area contributed by atoms with E-state index in [2.05, 4.69) is 5.32 Å². The lowest BCUT2D eigenvalue weighted by molar-refractivity contribution is -0.123. The minimum atomic E-state index is -3.69. The van der Waals surface area contributed by atoms with E-state index in [0.717, 1.165) is 5.56 Å². The van der Waals surface area contributed by atoms with Crippen molar-refractivity contribution in [1.29, 1.82) is 0 Å². The van der Waals surface area contributed by atoms with E-state index in [4.69, 9.17) is 21.1 Å². The van der Waals surface area contributed by atoms with Crippen LogP contribution in [-0.4, -0.2) is 52.0 Å². The second-order valence-electron chi connectivity index (χ2n) is 6.93. The SMILES string of the molecule is COCCCNC(=O)COc1ccc(S(=O)(=O)N2CCc3ccccc3C2)cc1Cl. The molecule has 0 atom stereocenters. The monoisotopic (exact) mass is 452 g/mol. The van der Waals surface area contributed by atoms with E-state index in [1.807, 2.05) is 24.3 Å². The third-order valence-corrected chi connectivity index (χ3v) is 6.98. The first-order valence-electron chi connectivity index (χ1n) is 9.66. The van der Waals surface area contributed by atoms with Crippen molar-refractivity contribution in [2.24, 2.45) is 0 Å². The molecule has 0 saturated carbocycles. The number of nitrogens with one attached hydrogen (secondary N) is 1. The summed E-state index contributed by atoms with van der Waals surface area (Å²) in [4.78, 5) is 11.9. The molecule has 2 aromatic carbocycles. The Bertz CT molecular complexity index is 997. The number of sulfonamides is 1. The highest BCUT2D eigenvalue weighted by molar-refractivity contribution is 7.89. The van der Waals surface area contributed by atoms with Crippen molar-refractivity contribution < 1.29 is 22.7 Å². The van der Waals surface area contributed by atoms with Crippen molar-refractivity contribution in [3.05, 3.63) is 58.6 Å². The molecule has 30 heavy (non-hydrogen) atoms. The molecule has 0 aliphatic carbocycles. The smallest absolute Gasteiger partial charge is 0.257 e. The molecule has 7 nitrogen and oxygen atoms in total. The van der Waals surface area contributed by atoms with Gasteiger partial charge in [-0.15, -0.1) is 0 Å². The van der Waals surface area contributed by atoms with Gasteiger partial charge < -0.3 is 14.8 Å². The molecule has 1 aliphatic rings. The highest BCUT2D eigenvalue weighted by atomic mass is 35.5. The van der Waals surface area contributed by atoms with Crippen LogP contribution in [0, 0.1) is 0 Å². The van der Waals surface area contributed by atoms with E-state index in [9.17, 15) is 13.2 Å². The van der Waals surface area contributed by atoms with Gasteiger partial charge in [0.15, 0.2) is 6.61 Å². The molecule has 1 amide bonds. The van der Waals surface area contributed by atoms with Gasteiger partial charge in [0.25, 0.3) is 5.91 Å². The van der Waals surface area contributed by atoms with Gasteiger partial charge in [0.2, 0.25) is 10.0 Å². The molecule has 0 radical (unpaired) electrons. The fourth-order valence-electron chi connectivity index (χ4n) is 3.22. The molecular formula is C21H25ClN2O5S. The number of carbonyl (C=O) groups is 1. The molecule has 0 saturated heterocycles. The van der Waals surface area contributed by atoms with E-state index in [-0.39, 0.29) is 28.2 Å². The lowest BCUT2D eigenvalue weighted by atomic mass is 10.0. The maximum atomic E-state index is 13.1. The molecule has 0 fully saturated rings. The average molecular weight is 453 g/mol. The first kappa shape index (κ1) is 22.6. The maximum absolute atomic E-state index is 13.1. The van der Waals surface area contributed by atoms with E-state index in [1.165, 1.54) is 28.1 Å². The standard InChI is InChI=1S/C21H25ClN2O5S/c1-28-12-4-10-23-21(25)15-29-20-8-7-18(13-19(20)22)30(26,27)24-11-9-16-5-2-3-6-17(16)14-24/h2-3,5-8,13H,4,9-12,14-15H2,1H3,(H,23,25). The number of halogens is 1. The van der Waals surface area contributed by atoms with Crippen LogP contribution >= 0.6 is 11.6 Å². The van der Waals surface area contributed by atoms with Crippen LogP contribution in [0.2, 0.25) is 5.02 Å². The summed E-state index contributed by atoms with van der Waals surface area (Å²) in [7, 11) is -2.09. The van der Waals surface area contributed by atoms with Crippen LogP contribution in [0.5, 0.6) is 5.75 Å². The summed E-state index contributed by atoms with van der Waals surface area (Å²) in [5, 5.41) is 2.84. The predicted molar refractivity (Wildman–Crippen MR) is 114 cm³/mol. The van der Waals surface area contributed by atoms with Gasteiger partial charge in [0, 0.05) is 33.4 Å². The largest absolute Gasteiger partial charge is 0.482 e. The summed E-state index contributed by atoms with van der Waals surface area (Å²) >= 11 is 6.23. The van der Waals surface area contributed by atoms with Crippen molar-refractivity contribution in [3.63, 3.8) is 0 Å². The Morgan fingerprint density at radius 2 is 1.97 bits per heavy atom. The van der Waals surface area contributed by atoms with E-state index in [0.29, 0.717) is 39.1 Å². The molecule has 162 valence electrons. The molecule has 3 rings (SSSR count). The highest BCUT2D eigenvalue weighted by Gasteiger charge is 2.28. The zero-order valence-corrected chi connectivity index (χ0v) is 18.3. The number of hydrogen-bond donors (Lipinski definition) is 1. The summed E-state index contributed by atoms with van der Waals surface area (Å²) in [5.74, 6) is -0.0301. The van der Waals surface area contributed by atoms with Crippen molar-refractivity contribution in [1.82, 2.24) is 9.62 Å². The molecule has 0 unspecified atom stereocenters. The van der Waals surface area contributed by atoms with Crippen LogP contribution in [0.3, 0.4) is 0 Å². The Morgan fingerprint density at radius 3 is 2.70 bits per heavy atom. The van der Waals surface area contributed by atoms with Gasteiger partial charge in [-0.05, 0) is 42.2 Å².